The summed E-state index contributed by atoms with van der Waals surface area (Å²) in [7, 11) is 1.84. The van der Waals surface area contributed by atoms with Gasteiger partial charge in [-0.3, -0.25) is 14.5 Å². The zero-order chi connectivity index (χ0) is 31.3. The van der Waals surface area contributed by atoms with Gasteiger partial charge in [-0.15, -0.1) is 11.3 Å². The number of aryl methyl sites for hydroxylation is 1. The summed E-state index contributed by atoms with van der Waals surface area (Å²) in [6.07, 6.45) is 8.61. The van der Waals surface area contributed by atoms with Gasteiger partial charge in [-0.05, 0) is 87.5 Å². The Bertz CT molecular complexity index is 1750. The second-order valence-electron chi connectivity index (χ2n) is 11.3. The largest absolute Gasteiger partial charge is 0.457 e. The first kappa shape index (κ1) is 30.3. The third kappa shape index (κ3) is 6.69. The van der Waals surface area contributed by atoms with E-state index >= 15 is 0 Å². The maximum absolute atomic E-state index is 13.6. The first-order valence-corrected chi connectivity index (χ1v) is 16.0. The summed E-state index contributed by atoms with van der Waals surface area (Å²) in [5.74, 6) is 1.43. The lowest BCUT2D eigenvalue weighted by Crippen LogP contribution is -2.39. The fourth-order valence-corrected chi connectivity index (χ4v) is 6.95. The number of carbonyl (C=O) groups excluding carboxylic acids is 3. The summed E-state index contributed by atoms with van der Waals surface area (Å²) in [6, 6.07) is 16.8. The number of para-hydroxylation sites is 1. The number of carbonyl (C=O) groups is 3. The number of ether oxygens (including phenoxy) is 1. The highest BCUT2D eigenvalue weighted by Crippen LogP contribution is 2.46. The molecule has 0 radical (unpaired) electrons. The smallest absolute Gasteiger partial charge is 0.331 e. The highest BCUT2D eigenvalue weighted by Gasteiger charge is 2.33. The van der Waals surface area contributed by atoms with Gasteiger partial charge in [0.1, 0.15) is 21.2 Å². The first-order valence-electron chi connectivity index (χ1n) is 15.2. The van der Waals surface area contributed by atoms with Gasteiger partial charge in [0.25, 0.3) is 5.91 Å². The number of hydrogen-bond donors (Lipinski definition) is 4. The van der Waals surface area contributed by atoms with Gasteiger partial charge in [0.2, 0.25) is 5.91 Å². The molecule has 2 aliphatic rings. The monoisotopic (exact) mass is 624 g/mol. The van der Waals surface area contributed by atoms with E-state index in [-0.39, 0.29) is 23.9 Å². The SMILES string of the molecule is CNC/C=C/C(=O)NC1CCC(CNC(=O)c2sc3nccc4c3c2NC(=O)N4c2ccc(Oc3ccccc3)cc2C)CC1. The Balaban J connectivity index is 1.13. The van der Waals surface area contributed by atoms with Crippen LogP contribution in [0.4, 0.5) is 21.9 Å². The van der Waals surface area contributed by atoms with Crippen LogP contribution in [0.5, 0.6) is 11.5 Å². The molecule has 4 aromatic rings. The highest BCUT2D eigenvalue weighted by molar-refractivity contribution is 7.21. The lowest BCUT2D eigenvalue weighted by molar-refractivity contribution is -0.117. The summed E-state index contributed by atoms with van der Waals surface area (Å²) in [6.45, 7) is 3.12. The average molecular weight is 625 g/mol. The molecule has 1 aliphatic heterocycles. The molecule has 0 spiro atoms. The minimum Gasteiger partial charge on any atom is -0.457 e. The molecule has 45 heavy (non-hydrogen) atoms. The van der Waals surface area contributed by atoms with E-state index in [2.05, 4.69) is 26.3 Å². The zero-order valence-electron chi connectivity index (χ0n) is 25.3. The minimum atomic E-state index is -0.344. The molecule has 3 heterocycles. The Morgan fingerprint density at radius 2 is 1.87 bits per heavy atom. The van der Waals surface area contributed by atoms with Crippen molar-refractivity contribution in [2.75, 3.05) is 30.4 Å². The fourth-order valence-electron chi connectivity index (χ4n) is 5.91. The van der Waals surface area contributed by atoms with Crippen molar-refractivity contribution in [1.29, 1.82) is 0 Å². The van der Waals surface area contributed by atoms with Crippen molar-refractivity contribution in [3.63, 3.8) is 0 Å². The van der Waals surface area contributed by atoms with Crippen molar-refractivity contribution in [2.45, 2.75) is 38.6 Å². The van der Waals surface area contributed by atoms with E-state index < -0.39 is 0 Å². The second kappa shape index (κ2) is 13.5. The number of thiophene rings is 1. The van der Waals surface area contributed by atoms with E-state index in [0.717, 1.165) is 42.4 Å². The number of anilines is 3. The maximum Gasteiger partial charge on any atom is 0.331 e. The normalized spacial score (nSPS) is 17.7. The van der Waals surface area contributed by atoms with Gasteiger partial charge in [0.15, 0.2) is 0 Å². The first-order chi connectivity index (χ1) is 21.9. The highest BCUT2D eigenvalue weighted by atomic mass is 32.1. The summed E-state index contributed by atoms with van der Waals surface area (Å²) in [5.41, 5.74) is 2.75. The Hall–Kier alpha value is -4.74. The predicted octanol–water partition coefficient (Wildman–Crippen LogP) is 6.26. The summed E-state index contributed by atoms with van der Waals surface area (Å²) >= 11 is 1.28. The van der Waals surface area contributed by atoms with Crippen LogP contribution in [0.2, 0.25) is 0 Å². The Morgan fingerprint density at radius 1 is 1.07 bits per heavy atom. The van der Waals surface area contributed by atoms with Crippen molar-refractivity contribution in [2.24, 2.45) is 5.92 Å². The van der Waals surface area contributed by atoms with Crippen LogP contribution in [-0.4, -0.2) is 49.0 Å². The molecule has 1 saturated carbocycles. The topological polar surface area (TPSA) is 125 Å². The van der Waals surface area contributed by atoms with Gasteiger partial charge in [-0.1, -0.05) is 24.3 Å². The van der Waals surface area contributed by atoms with Crippen molar-refractivity contribution < 1.29 is 19.1 Å². The molecule has 2 aromatic heterocycles. The molecule has 2 aromatic carbocycles. The van der Waals surface area contributed by atoms with E-state index in [1.807, 2.05) is 62.5 Å². The van der Waals surface area contributed by atoms with Crippen LogP contribution in [0.15, 0.2) is 72.9 Å². The number of aromatic nitrogens is 1. The third-order valence-corrected chi connectivity index (χ3v) is 9.27. The zero-order valence-corrected chi connectivity index (χ0v) is 26.1. The standard InChI is InChI=1S/C34H36N6O4S/c1-21-19-25(44-24-7-4-3-5-8-24)14-15-26(21)40-27-16-18-36-33-29(27)30(39-34(40)43)31(45-33)32(42)37-20-22-10-12-23(13-11-22)38-28(41)9-6-17-35-2/h3-9,14-16,18-19,22-23,35H,10-13,17,20H2,1-2H3,(H,37,42)(H,38,41)(H,39,43)/b9-6+. The van der Waals surface area contributed by atoms with Crippen molar-refractivity contribution in [3.05, 3.63) is 83.4 Å². The average Bonchev–Trinajstić information content (AvgIpc) is 3.41. The predicted molar refractivity (Wildman–Crippen MR) is 178 cm³/mol. The van der Waals surface area contributed by atoms with E-state index in [9.17, 15) is 14.4 Å². The van der Waals surface area contributed by atoms with E-state index in [1.165, 1.54) is 11.3 Å². The molecule has 6 rings (SSSR count). The van der Waals surface area contributed by atoms with Crippen LogP contribution in [0, 0.1) is 12.8 Å². The molecule has 11 heteroatoms. The van der Waals surface area contributed by atoms with Crippen molar-refractivity contribution >= 4 is 56.5 Å². The number of nitrogens with one attached hydrogen (secondary N) is 4. The molecular formula is C34H36N6O4S. The van der Waals surface area contributed by atoms with E-state index in [1.54, 1.807) is 29.3 Å². The molecule has 0 saturated heterocycles. The van der Waals surface area contributed by atoms with Gasteiger partial charge in [-0.2, -0.15) is 0 Å². The molecule has 0 bridgehead atoms. The molecule has 10 nitrogen and oxygen atoms in total. The van der Waals surface area contributed by atoms with Crippen molar-refractivity contribution in [1.82, 2.24) is 20.9 Å². The van der Waals surface area contributed by atoms with Gasteiger partial charge >= 0.3 is 6.03 Å². The van der Waals surface area contributed by atoms with Gasteiger partial charge < -0.3 is 26.0 Å². The number of rotatable bonds is 10. The summed E-state index contributed by atoms with van der Waals surface area (Å²) < 4.78 is 5.98. The number of urea groups is 1. The van der Waals surface area contributed by atoms with Crippen LogP contribution in [0.25, 0.3) is 10.2 Å². The molecule has 4 N–H and O–H groups in total. The van der Waals surface area contributed by atoms with Gasteiger partial charge in [0, 0.05) is 31.4 Å². The molecule has 0 unspecified atom stereocenters. The fraction of sp³-hybridized carbons (Fsp3) is 0.294. The molecule has 0 atom stereocenters. The molecule has 1 fully saturated rings. The number of nitrogens with zero attached hydrogens (tertiary/aromatic N) is 2. The van der Waals surface area contributed by atoms with Crippen LogP contribution < -0.4 is 30.9 Å². The van der Waals surface area contributed by atoms with Gasteiger partial charge in [0.05, 0.1) is 22.4 Å². The van der Waals surface area contributed by atoms with Crippen LogP contribution in [0.1, 0.15) is 40.9 Å². The van der Waals surface area contributed by atoms with Gasteiger partial charge in [-0.25, -0.2) is 9.78 Å². The number of hydrogen-bond acceptors (Lipinski definition) is 7. The van der Waals surface area contributed by atoms with Crippen LogP contribution >= 0.6 is 11.3 Å². The quantitative estimate of drug-likeness (QED) is 0.154. The molecule has 232 valence electrons. The lowest BCUT2D eigenvalue weighted by Gasteiger charge is -2.30. The second-order valence-corrected chi connectivity index (χ2v) is 12.3. The summed E-state index contributed by atoms with van der Waals surface area (Å²) in [4.78, 5) is 46.4. The third-order valence-electron chi connectivity index (χ3n) is 8.18. The van der Waals surface area contributed by atoms with E-state index in [4.69, 9.17) is 4.74 Å². The Morgan fingerprint density at radius 3 is 2.62 bits per heavy atom. The number of pyridine rings is 1. The van der Waals surface area contributed by atoms with Crippen LogP contribution in [-0.2, 0) is 4.79 Å². The van der Waals surface area contributed by atoms with E-state index in [0.29, 0.717) is 51.5 Å². The maximum atomic E-state index is 13.6. The molecular weight excluding hydrogens is 588 g/mol. The summed E-state index contributed by atoms with van der Waals surface area (Å²) in [5, 5.41) is 12.9. The van der Waals surface area contributed by atoms with Crippen molar-refractivity contribution in [3.8, 4) is 11.5 Å². The lowest BCUT2D eigenvalue weighted by atomic mass is 9.86. The number of benzene rings is 2. The number of amides is 4. The molecule has 1 aliphatic carbocycles. The molecule has 4 amide bonds. The van der Waals surface area contributed by atoms with Crippen LogP contribution in [0.3, 0.4) is 0 Å². The Kier molecular flexibility index (Phi) is 9.08. The Labute approximate surface area is 265 Å². The number of likely N-dealkylation sites (N-methyl/N-ethyl adjacent to an activating group) is 1. The minimum absolute atomic E-state index is 0.0708.